The molecular formula is C20H25N3O3S. The number of carbonyl (C=O) groups is 2. The number of furan rings is 1. The molecule has 1 aliphatic heterocycles. The number of rotatable bonds is 7. The maximum atomic E-state index is 13.0. The van der Waals surface area contributed by atoms with Crippen LogP contribution in [0, 0.1) is 5.41 Å². The first-order valence-electron chi connectivity index (χ1n) is 9.51. The molecule has 1 aliphatic carbocycles. The molecule has 3 heterocycles. The first kappa shape index (κ1) is 18.3. The number of piperidine rings is 1. The smallest absolute Gasteiger partial charge is 0.286 e. The Balaban J connectivity index is 1.36. The maximum absolute atomic E-state index is 13.0. The molecule has 2 aromatic heterocycles. The molecule has 2 aromatic rings. The molecule has 2 amide bonds. The molecule has 27 heavy (non-hydrogen) atoms. The highest BCUT2D eigenvalue weighted by atomic mass is 32.1. The van der Waals surface area contributed by atoms with E-state index < -0.39 is 0 Å². The van der Waals surface area contributed by atoms with Crippen LogP contribution < -0.4 is 10.6 Å². The summed E-state index contributed by atoms with van der Waals surface area (Å²) in [5.41, 5.74) is 1.48. The summed E-state index contributed by atoms with van der Waals surface area (Å²) in [5, 5.41) is 10.3. The van der Waals surface area contributed by atoms with Crippen LogP contribution in [0.5, 0.6) is 0 Å². The standard InChI is InChI=1S/C20H25N3O3S/c24-18(3-7-22-19(25)16-2-1-10-26-16)23(13-15-4-11-27-14-15)17-12-20(17)5-8-21-9-6-20/h1-2,4,10-11,14,17,21H,3,5-9,12-13H2,(H,22,25). The highest BCUT2D eigenvalue weighted by Gasteiger charge is 2.57. The van der Waals surface area contributed by atoms with Crippen LogP contribution in [0.1, 0.15) is 41.8 Å². The second kappa shape index (κ2) is 7.86. The number of nitrogens with zero attached hydrogens (tertiary/aromatic N) is 1. The third-order valence-corrected chi connectivity index (χ3v) is 6.48. The normalized spacial score (nSPS) is 20.4. The van der Waals surface area contributed by atoms with Crippen LogP contribution in [0.25, 0.3) is 0 Å². The molecule has 1 atom stereocenters. The number of hydrogen-bond acceptors (Lipinski definition) is 5. The van der Waals surface area contributed by atoms with Crippen molar-refractivity contribution in [1.82, 2.24) is 15.5 Å². The van der Waals surface area contributed by atoms with Crippen LogP contribution in [0.2, 0.25) is 0 Å². The predicted octanol–water partition coefficient (Wildman–Crippen LogP) is 2.63. The van der Waals surface area contributed by atoms with E-state index >= 15 is 0 Å². The van der Waals surface area contributed by atoms with Crippen molar-refractivity contribution in [2.75, 3.05) is 19.6 Å². The van der Waals surface area contributed by atoms with Crippen molar-refractivity contribution in [3.63, 3.8) is 0 Å². The van der Waals surface area contributed by atoms with E-state index in [4.69, 9.17) is 4.42 Å². The molecule has 1 saturated carbocycles. The molecule has 6 nitrogen and oxygen atoms in total. The van der Waals surface area contributed by atoms with Gasteiger partial charge in [-0.25, -0.2) is 0 Å². The molecule has 0 radical (unpaired) electrons. The van der Waals surface area contributed by atoms with E-state index in [1.807, 2.05) is 4.90 Å². The molecule has 2 N–H and O–H groups in total. The van der Waals surface area contributed by atoms with Gasteiger partial charge in [-0.05, 0) is 72.3 Å². The van der Waals surface area contributed by atoms with Gasteiger partial charge in [0.15, 0.2) is 5.76 Å². The lowest BCUT2D eigenvalue weighted by molar-refractivity contribution is -0.133. The largest absolute Gasteiger partial charge is 0.459 e. The van der Waals surface area contributed by atoms with Gasteiger partial charge in [0.1, 0.15) is 0 Å². The maximum Gasteiger partial charge on any atom is 0.286 e. The van der Waals surface area contributed by atoms with Crippen molar-refractivity contribution < 1.29 is 14.0 Å². The van der Waals surface area contributed by atoms with E-state index in [2.05, 4.69) is 27.5 Å². The molecular weight excluding hydrogens is 362 g/mol. The third kappa shape index (κ3) is 4.09. The summed E-state index contributed by atoms with van der Waals surface area (Å²) in [6.07, 6.45) is 5.15. The van der Waals surface area contributed by atoms with E-state index in [9.17, 15) is 9.59 Å². The number of amides is 2. The van der Waals surface area contributed by atoms with Crippen LogP contribution in [0.15, 0.2) is 39.6 Å². The van der Waals surface area contributed by atoms with Crippen LogP contribution in [0.4, 0.5) is 0 Å². The summed E-state index contributed by atoms with van der Waals surface area (Å²) in [7, 11) is 0. The highest BCUT2D eigenvalue weighted by Crippen LogP contribution is 2.56. The van der Waals surface area contributed by atoms with Gasteiger partial charge in [0, 0.05) is 25.6 Å². The van der Waals surface area contributed by atoms with Gasteiger partial charge in [0.25, 0.3) is 5.91 Å². The van der Waals surface area contributed by atoms with Crippen LogP contribution >= 0.6 is 11.3 Å². The van der Waals surface area contributed by atoms with Crippen molar-refractivity contribution in [3.8, 4) is 0 Å². The lowest BCUT2D eigenvalue weighted by Crippen LogP contribution is -2.40. The Morgan fingerprint density at radius 3 is 2.89 bits per heavy atom. The SMILES string of the molecule is O=C(NCCC(=O)N(Cc1ccsc1)C1CC12CCNCC2)c1ccco1. The van der Waals surface area contributed by atoms with Gasteiger partial charge in [0.2, 0.25) is 5.91 Å². The Kier molecular flexibility index (Phi) is 5.31. The lowest BCUT2D eigenvalue weighted by Gasteiger charge is -2.29. The van der Waals surface area contributed by atoms with Gasteiger partial charge in [-0.2, -0.15) is 11.3 Å². The van der Waals surface area contributed by atoms with E-state index in [-0.39, 0.29) is 17.6 Å². The zero-order chi connectivity index (χ0) is 18.7. The molecule has 0 bridgehead atoms. The fourth-order valence-electron chi connectivity index (χ4n) is 4.10. The first-order chi connectivity index (χ1) is 13.2. The molecule has 1 spiro atoms. The third-order valence-electron chi connectivity index (χ3n) is 5.74. The molecule has 1 saturated heterocycles. The average Bonchev–Trinajstić information content (AvgIpc) is 3.12. The summed E-state index contributed by atoms with van der Waals surface area (Å²) in [6.45, 7) is 3.06. The zero-order valence-corrected chi connectivity index (χ0v) is 16.1. The van der Waals surface area contributed by atoms with Gasteiger partial charge in [-0.3, -0.25) is 9.59 Å². The number of hydrogen-bond donors (Lipinski definition) is 2. The zero-order valence-electron chi connectivity index (χ0n) is 15.3. The molecule has 2 aliphatic rings. The number of carbonyl (C=O) groups excluding carboxylic acids is 2. The first-order valence-corrected chi connectivity index (χ1v) is 10.5. The van der Waals surface area contributed by atoms with Crippen molar-refractivity contribution in [2.24, 2.45) is 5.41 Å². The molecule has 0 aromatic carbocycles. The Morgan fingerprint density at radius 1 is 1.33 bits per heavy atom. The summed E-state index contributed by atoms with van der Waals surface area (Å²) in [5.74, 6) is 0.105. The Bertz CT molecular complexity index is 767. The van der Waals surface area contributed by atoms with Crippen molar-refractivity contribution in [1.29, 1.82) is 0 Å². The number of nitrogens with one attached hydrogen (secondary N) is 2. The van der Waals surface area contributed by atoms with Gasteiger partial charge >= 0.3 is 0 Å². The monoisotopic (exact) mass is 387 g/mol. The van der Waals surface area contributed by atoms with E-state index in [0.29, 0.717) is 31.0 Å². The minimum Gasteiger partial charge on any atom is -0.459 e. The Hall–Kier alpha value is -2.12. The van der Waals surface area contributed by atoms with Gasteiger partial charge in [-0.15, -0.1) is 0 Å². The lowest BCUT2D eigenvalue weighted by atomic mass is 9.93. The summed E-state index contributed by atoms with van der Waals surface area (Å²) < 4.78 is 5.08. The highest BCUT2D eigenvalue weighted by molar-refractivity contribution is 7.07. The van der Waals surface area contributed by atoms with Crippen LogP contribution in [0.3, 0.4) is 0 Å². The fourth-order valence-corrected chi connectivity index (χ4v) is 4.76. The van der Waals surface area contributed by atoms with Gasteiger partial charge in [0.05, 0.1) is 6.26 Å². The predicted molar refractivity (Wildman–Crippen MR) is 103 cm³/mol. The minimum absolute atomic E-state index is 0.112. The summed E-state index contributed by atoms with van der Waals surface area (Å²) in [4.78, 5) is 27.0. The van der Waals surface area contributed by atoms with E-state index in [1.165, 1.54) is 11.8 Å². The molecule has 4 rings (SSSR count). The quantitative estimate of drug-likeness (QED) is 0.766. The van der Waals surface area contributed by atoms with Crippen LogP contribution in [-0.4, -0.2) is 42.4 Å². The molecule has 1 unspecified atom stereocenters. The van der Waals surface area contributed by atoms with Crippen molar-refractivity contribution >= 4 is 23.2 Å². The number of thiophene rings is 1. The molecule has 7 heteroatoms. The van der Waals surface area contributed by atoms with Gasteiger partial charge < -0.3 is 20.0 Å². The second-order valence-electron chi connectivity index (χ2n) is 7.47. The Labute approximate surface area is 162 Å². The second-order valence-corrected chi connectivity index (χ2v) is 8.25. The summed E-state index contributed by atoms with van der Waals surface area (Å²) >= 11 is 1.66. The van der Waals surface area contributed by atoms with E-state index in [1.54, 1.807) is 23.5 Å². The molecule has 2 fully saturated rings. The summed E-state index contributed by atoms with van der Waals surface area (Å²) in [6, 6.07) is 5.70. The van der Waals surface area contributed by atoms with Crippen LogP contribution in [-0.2, 0) is 11.3 Å². The average molecular weight is 388 g/mol. The van der Waals surface area contributed by atoms with E-state index in [0.717, 1.165) is 32.4 Å². The van der Waals surface area contributed by atoms with Crippen molar-refractivity contribution in [2.45, 2.75) is 38.3 Å². The topological polar surface area (TPSA) is 74.6 Å². The van der Waals surface area contributed by atoms with Crippen molar-refractivity contribution in [3.05, 3.63) is 46.5 Å². The minimum atomic E-state index is -0.279. The Morgan fingerprint density at radius 2 is 2.19 bits per heavy atom. The van der Waals surface area contributed by atoms with Gasteiger partial charge in [-0.1, -0.05) is 0 Å². The molecule has 144 valence electrons. The fraction of sp³-hybridized carbons (Fsp3) is 0.500.